The van der Waals surface area contributed by atoms with Gasteiger partial charge < -0.3 is 10.1 Å². The summed E-state index contributed by atoms with van der Waals surface area (Å²) >= 11 is 11.5. The monoisotopic (exact) mass is 313 g/mol. The van der Waals surface area contributed by atoms with Crippen LogP contribution in [0.1, 0.15) is 0 Å². The quantitative estimate of drug-likeness (QED) is 0.920. The number of rotatable bonds is 4. The highest BCUT2D eigenvalue weighted by molar-refractivity contribution is 6.33. The average molecular weight is 314 g/mol. The van der Waals surface area contributed by atoms with Crippen LogP contribution < -0.4 is 10.1 Å². The fraction of sp³-hybridized carbons (Fsp3) is 0.0714. The normalized spacial score (nSPS) is 10.2. The van der Waals surface area contributed by atoms with Gasteiger partial charge in [0, 0.05) is 5.02 Å². The van der Waals surface area contributed by atoms with Crippen LogP contribution in [-0.4, -0.2) is 12.5 Å². The van der Waals surface area contributed by atoms with E-state index in [2.05, 4.69) is 5.32 Å². The van der Waals surface area contributed by atoms with E-state index >= 15 is 0 Å². The van der Waals surface area contributed by atoms with Gasteiger partial charge in [0.25, 0.3) is 5.91 Å². The molecule has 0 bridgehead atoms. The molecule has 1 N–H and O–H groups in total. The van der Waals surface area contributed by atoms with Crippen molar-refractivity contribution < 1.29 is 13.9 Å². The van der Waals surface area contributed by atoms with Crippen molar-refractivity contribution in [2.24, 2.45) is 0 Å². The number of halogens is 3. The molecule has 3 nitrogen and oxygen atoms in total. The van der Waals surface area contributed by atoms with E-state index < -0.39 is 11.7 Å². The highest BCUT2D eigenvalue weighted by atomic mass is 35.5. The van der Waals surface area contributed by atoms with Gasteiger partial charge in [-0.05, 0) is 42.5 Å². The Labute approximate surface area is 125 Å². The zero-order valence-corrected chi connectivity index (χ0v) is 11.7. The number of anilines is 1. The minimum atomic E-state index is -0.467. The first-order valence-electron chi connectivity index (χ1n) is 5.68. The summed E-state index contributed by atoms with van der Waals surface area (Å²) in [5, 5.41) is 3.24. The maximum Gasteiger partial charge on any atom is 0.262 e. The van der Waals surface area contributed by atoms with Gasteiger partial charge in [-0.25, -0.2) is 4.39 Å². The number of nitrogens with one attached hydrogen (secondary N) is 1. The van der Waals surface area contributed by atoms with Gasteiger partial charge in [0.2, 0.25) is 0 Å². The maximum absolute atomic E-state index is 12.9. The van der Waals surface area contributed by atoms with Gasteiger partial charge in [-0.3, -0.25) is 4.79 Å². The van der Waals surface area contributed by atoms with E-state index in [0.29, 0.717) is 16.5 Å². The van der Waals surface area contributed by atoms with Crippen molar-refractivity contribution in [1.29, 1.82) is 0 Å². The van der Waals surface area contributed by atoms with Gasteiger partial charge in [-0.2, -0.15) is 0 Å². The molecule has 1 amide bonds. The highest BCUT2D eigenvalue weighted by Crippen LogP contribution is 2.22. The molecule has 0 saturated heterocycles. The second-order valence-electron chi connectivity index (χ2n) is 3.91. The Kier molecular flexibility index (Phi) is 4.82. The van der Waals surface area contributed by atoms with Crippen molar-refractivity contribution in [3.05, 3.63) is 58.3 Å². The van der Waals surface area contributed by atoms with Gasteiger partial charge in [-0.15, -0.1) is 0 Å². The summed E-state index contributed by atoms with van der Waals surface area (Å²) in [6.07, 6.45) is 0. The molecular formula is C14H10Cl2FNO2. The molecule has 0 saturated carbocycles. The SMILES string of the molecule is O=C(COc1ccc(Cl)cc1)Nc1ccc(F)cc1Cl. The van der Waals surface area contributed by atoms with E-state index in [4.69, 9.17) is 27.9 Å². The van der Waals surface area contributed by atoms with Crippen LogP contribution in [0.4, 0.5) is 10.1 Å². The molecule has 0 aliphatic carbocycles. The van der Waals surface area contributed by atoms with Crippen LogP contribution in [0.3, 0.4) is 0 Å². The molecule has 0 heterocycles. The van der Waals surface area contributed by atoms with Gasteiger partial charge in [0.05, 0.1) is 10.7 Å². The Morgan fingerprint density at radius 3 is 2.50 bits per heavy atom. The third-order valence-electron chi connectivity index (χ3n) is 2.39. The summed E-state index contributed by atoms with van der Waals surface area (Å²) in [4.78, 5) is 11.7. The van der Waals surface area contributed by atoms with Crippen molar-refractivity contribution in [2.75, 3.05) is 11.9 Å². The first-order chi connectivity index (χ1) is 9.54. The van der Waals surface area contributed by atoms with E-state index in [1.54, 1.807) is 24.3 Å². The molecule has 20 heavy (non-hydrogen) atoms. The second-order valence-corrected chi connectivity index (χ2v) is 4.76. The van der Waals surface area contributed by atoms with E-state index in [9.17, 15) is 9.18 Å². The van der Waals surface area contributed by atoms with Crippen LogP contribution in [0.15, 0.2) is 42.5 Å². The van der Waals surface area contributed by atoms with E-state index in [0.717, 1.165) is 6.07 Å². The lowest BCUT2D eigenvalue weighted by molar-refractivity contribution is -0.118. The predicted octanol–water partition coefficient (Wildman–Crippen LogP) is 4.15. The van der Waals surface area contributed by atoms with Crippen molar-refractivity contribution in [1.82, 2.24) is 0 Å². The average Bonchev–Trinajstić information content (AvgIpc) is 2.41. The molecule has 0 atom stereocenters. The highest BCUT2D eigenvalue weighted by Gasteiger charge is 2.07. The summed E-state index contributed by atoms with van der Waals surface area (Å²) in [6.45, 7) is -0.185. The van der Waals surface area contributed by atoms with Crippen LogP contribution >= 0.6 is 23.2 Å². The molecule has 104 valence electrons. The Morgan fingerprint density at radius 2 is 1.85 bits per heavy atom. The molecule has 0 fully saturated rings. The largest absolute Gasteiger partial charge is 0.484 e. The smallest absolute Gasteiger partial charge is 0.262 e. The molecule has 0 aliphatic rings. The van der Waals surface area contributed by atoms with Crippen molar-refractivity contribution in [3.63, 3.8) is 0 Å². The van der Waals surface area contributed by atoms with Crippen molar-refractivity contribution >= 4 is 34.8 Å². The molecular weight excluding hydrogens is 304 g/mol. The minimum absolute atomic E-state index is 0.129. The molecule has 6 heteroatoms. The molecule has 0 aromatic heterocycles. The van der Waals surface area contributed by atoms with Gasteiger partial charge >= 0.3 is 0 Å². The molecule has 2 aromatic rings. The minimum Gasteiger partial charge on any atom is -0.484 e. The lowest BCUT2D eigenvalue weighted by Gasteiger charge is -2.08. The number of hydrogen-bond acceptors (Lipinski definition) is 2. The van der Waals surface area contributed by atoms with Crippen LogP contribution in [0, 0.1) is 5.82 Å². The maximum atomic E-state index is 12.9. The van der Waals surface area contributed by atoms with Crippen LogP contribution in [0.2, 0.25) is 10.0 Å². The fourth-order valence-electron chi connectivity index (χ4n) is 1.46. The van der Waals surface area contributed by atoms with Crippen LogP contribution in [0.5, 0.6) is 5.75 Å². The van der Waals surface area contributed by atoms with E-state index in [1.165, 1.54) is 12.1 Å². The Bertz CT molecular complexity index is 617. The molecule has 0 aliphatic heterocycles. The Balaban J connectivity index is 1.90. The van der Waals surface area contributed by atoms with Crippen LogP contribution in [0.25, 0.3) is 0 Å². The number of benzene rings is 2. The Morgan fingerprint density at radius 1 is 1.15 bits per heavy atom. The topological polar surface area (TPSA) is 38.3 Å². The first-order valence-corrected chi connectivity index (χ1v) is 6.43. The summed E-state index contributed by atoms with van der Waals surface area (Å²) in [5.74, 6) is -0.339. The lowest BCUT2D eigenvalue weighted by Crippen LogP contribution is -2.20. The summed E-state index contributed by atoms with van der Waals surface area (Å²) in [7, 11) is 0. The zero-order valence-electron chi connectivity index (χ0n) is 10.2. The number of carbonyl (C=O) groups excluding carboxylic acids is 1. The molecule has 0 spiro atoms. The molecule has 2 aromatic carbocycles. The fourth-order valence-corrected chi connectivity index (χ4v) is 1.80. The standard InChI is InChI=1S/C14H10Cl2FNO2/c15-9-1-4-11(5-2-9)20-8-14(19)18-13-6-3-10(17)7-12(13)16/h1-7H,8H2,(H,18,19). The number of amides is 1. The van der Waals surface area contributed by atoms with Crippen molar-refractivity contribution in [2.45, 2.75) is 0 Å². The molecule has 0 radical (unpaired) electrons. The number of ether oxygens (including phenoxy) is 1. The predicted molar refractivity (Wildman–Crippen MR) is 77.0 cm³/mol. The summed E-state index contributed by atoms with van der Waals surface area (Å²) in [6, 6.07) is 10.3. The number of hydrogen-bond donors (Lipinski definition) is 1. The Hall–Kier alpha value is -1.78. The van der Waals surface area contributed by atoms with Gasteiger partial charge in [-0.1, -0.05) is 23.2 Å². The summed E-state index contributed by atoms with van der Waals surface area (Å²) < 4.78 is 18.1. The first kappa shape index (κ1) is 14.6. The molecule has 2 rings (SSSR count). The van der Waals surface area contributed by atoms with Crippen LogP contribution in [-0.2, 0) is 4.79 Å². The summed E-state index contributed by atoms with van der Waals surface area (Å²) in [5.41, 5.74) is 0.331. The van der Waals surface area contributed by atoms with E-state index in [-0.39, 0.29) is 11.6 Å². The zero-order chi connectivity index (χ0) is 14.5. The third kappa shape index (κ3) is 4.11. The number of carbonyl (C=O) groups is 1. The van der Waals surface area contributed by atoms with E-state index in [1.807, 2.05) is 0 Å². The second kappa shape index (κ2) is 6.59. The van der Waals surface area contributed by atoms with Gasteiger partial charge in [0.1, 0.15) is 11.6 Å². The lowest BCUT2D eigenvalue weighted by atomic mass is 10.3. The molecule has 0 unspecified atom stereocenters. The van der Waals surface area contributed by atoms with Gasteiger partial charge in [0.15, 0.2) is 6.61 Å². The van der Waals surface area contributed by atoms with Crippen molar-refractivity contribution in [3.8, 4) is 5.75 Å². The third-order valence-corrected chi connectivity index (χ3v) is 2.95.